The van der Waals surface area contributed by atoms with Crippen molar-refractivity contribution in [2.24, 2.45) is 0 Å². The van der Waals surface area contributed by atoms with Crippen LogP contribution in [0.3, 0.4) is 0 Å². The Morgan fingerprint density at radius 3 is 2.66 bits per heavy atom. The summed E-state index contributed by atoms with van der Waals surface area (Å²) < 4.78 is 10.8. The molecule has 35 heavy (non-hydrogen) atoms. The van der Waals surface area contributed by atoms with Gasteiger partial charge in [-0.15, -0.1) is 0 Å². The van der Waals surface area contributed by atoms with Gasteiger partial charge in [0, 0.05) is 46.5 Å². The summed E-state index contributed by atoms with van der Waals surface area (Å²) in [5.74, 6) is -1.32. The molecule has 2 heterocycles. The molecule has 3 N–H and O–H groups in total. The molecule has 2 aromatic heterocycles. The summed E-state index contributed by atoms with van der Waals surface area (Å²) >= 11 is 0. The maximum Gasteiger partial charge on any atom is 0.339 e. The zero-order valence-electron chi connectivity index (χ0n) is 19.6. The van der Waals surface area contributed by atoms with E-state index >= 15 is 0 Å². The molecule has 182 valence electrons. The van der Waals surface area contributed by atoms with Gasteiger partial charge >= 0.3 is 5.63 Å². The molecule has 0 saturated heterocycles. The van der Waals surface area contributed by atoms with Gasteiger partial charge in [-0.05, 0) is 61.7 Å². The number of hydrogen-bond acceptors (Lipinski definition) is 7. The topological polar surface area (TPSA) is 145 Å². The van der Waals surface area contributed by atoms with E-state index in [1.807, 2.05) is 0 Å². The molecule has 0 aliphatic carbocycles. The van der Waals surface area contributed by atoms with E-state index in [4.69, 9.17) is 9.15 Å². The number of carbonyl (C=O) groups is 2. The number of aliphatic carboxylic acids is 1. The monoisotopic (exact) mass is 477 g/mol. The third-order valence-electron chi connectivity index (χ3n) is 6.27. The second-order valence-corrected chi connectivity index (χ2v) is 8.45. The lowest BCUT2D eigenvalue weighted by molar-refractivity contribution is -0.308. The molecule has 9 heteroatoms. The van der Waals surface area contributed by atoms with Gasteiger partial charge in [-0.25, -0.2) is 4.79 Å². The van der Waals surface area contributed by atoms with Crippen molar-refractivity contribution in [3.8, 4) is 11.5 Å². The minimum absolute atomic E-state index is 0.0320. The first-order valence-electron chi connectivity index (χ1n) is 11.1. The standard InChI is InChI=1S/C26H26N2O7/c1-13-17-5-8-22(34-3)14(2)24(17)35-26(33)18(13)6-9-23(30)28-21(25(31)32)10-15-12-27-20-7-4-16(29)11-19(15)20/h4-5,7-8,11-12,21,27,29H,6,9-10H2,1-3H3,(H,28,30)(H,31,32)/p-1/t21-/m1/s1. The summed E-state index contributed by atoms with van der Waals surface area (Å²) in [4.78, 5) is 40.0. The molecule has 0 saturated carbocycles. The predicted octanol–water partition coefficient (Wildman–Crippen LogP) is 2.02. The second kappa shape index (κ2) is 9.54. The van der Waals surface area contributed by atoms with Crippen LogP contribution in [-0.2, 0) is 22.4 Å². The number of carboxylic acids is 1. The molecule has 9 nitrogen and oxygen atoms in total. The number of aromatic hydroxyl groups is 1. The van der Waals surface area contributed by atoms with E-state index in [1.165, 1.54) is 19.2 Å². The molecule has 0 bridgehead atoms. The maximum absolute atomic E-state index is 12.6. The minimum Gasteiger partial charge on any atom is -0.548 e. The average Bonchev–Trinajstić information content (AvgIpc) is 3.21. The number of benzene rings is 2. The van der Waals surface area contributed by atoms with Crippen molar-refractivity contribution in [3.63, 3.8) is 0 Å². The largest absolute Gasteiger partial charge is 0.548 e. The van der Waals surface area contributed by atoms with Crippen molar-refractivity contribution in [3.05, 3.63) is 69.2 Å². The number of rotatable bonds is 8. The Balaban J connectivity index is 1.49. The first-order chi connectivity index (χ1) is 16.7. The Hall–Kier alpha value is -4.27. The molecule has 0 unspecified atom stereocenters. The van der Waals surface area contributed by atoms with Gasteiger partial charge in [0.15, 0.2) is 0 Å². The fourth-order valence-electron chi connectivity index (χ4n) is 4.33. The van der Waals surface area contributed by atoms with Crippen LogP contribution in [0.1, 0.15) is 28.7 Å². The second-order valence-electron chi connectivity index (χ2n) is 8.45. The van der Waals surface area contributed by atoms with E-state index in [0.29, 0.717) is 39.0 Å². The van der Waals surface area contributed by atoms with Gasteiger partial charge in [0.25, 0.3) is 0 Å². The van der Waals surface area contributed by atoms with Crippen LogP contribution < -0.4 is 20.8 Å². The molecule has 1 amide bonds. The van der Waals surface area contributed by atoms with Crippen LogP contribution >= 0.6 is 0 Å². The van der Waals surface area contributed by atoms with E-state index in [9.17, 15) is 24.6 Å². The van der Waals surface area contributed by atoms with Gasteiger partial charge in [0.2, 0.25) is 5.91 Å². The van der Waals surface area contributed by atoms with Gasteiger partial charge in [-0.3, -0.25) is 4.79 Å². The number of H-pyrrole nitrogens is 1. The van der Waals surface area contributed by atoms with Gasteiger partial charge in [-0.2, -0.15) is 0 Å². The average molecular weight is 477 g/mol. The van der Waals surface area contributed by atoms with Crippen LogP contribution in [-0.4, -0.2) is 35.1 Å². The quantitative estimate of drug-likeness (QED) is 0.329. The van der Waals surface area contributed by atoms with Crippen LogP contribution in [0.2, 0.25) is 0 Å². The van der Waals surface area contributed by atoms with E-state index in [1.54, 1.807) is 38.2 Å². The predicted molar refractivity (Wildman–Crippen MR) is 127 cm³/mol. The Bertz CT molecular complexity index is 1500. The van der Waals surface area contributed by atoms with Crippen LogP contribution in [0, 0.1) is 13.8 Å². The molecule has 2 aromatic carbocycles. The minimum atomic E-state index is -1.43. The van der Waals surface area contributed by atoms with Gasteiger partial charge in [-0.1, -0.05) is 0 Å². The smallest absolute Gasteiger partial charge is 0.339 e. The number of fused-ring (bicyclic) bond motifs is 2. The van der Waals surface area contributed by atoms with Crippen LogP contribution in [0.4, 0.5) is 0 Å². The Morgan fingerprint density at radius 2 is 1.94 bits per heavy atom. The molecular weight excluding hydrogens is 452 g/mol. The van der Waals surface area contributed by atoms with Crippen LogP contribution in [0.15, 0.2) is 45.7 Å². The summed E-state index contributed by atoms with van der Waals surface area (Å²) in [6.45, 7) is 3.58. The van der Waals surface area contributed by atoms with E-state index in [-0.39, 0.29) is 25.0 Å². The van der Waals surface area contributed by atoms with Crippen molar-refractivity contribution in [2.75, 3.05) is 7.11 Å². The molecule has 0 radical (unpaired) electrons. The zero-order chi connectivity index (χ0) is 25.3. The molecule has 4 rings (SSSR count). The lowest BCUT2D eigenvalue weighted by Gasteiger charge is -2.19. The van der Waals surface area contributed by atoms with E-state index in [2.05, 4.69) is 10.3 Å². The Labute approximate surface area is 200 Å². The summed E-state index contributed by atoms with van der Waals surface area (Å²) in [6, 6.07) is 7.02. The Kier molecular flexibility index (Phi) is 6.50. The number of nitrogens with one attached hydrogen (secondary N) is 2. The summed E-state index contributed by atoms with van der Waals surface area (Å²) in [5, 5.41) is 25.3. The number of methoxy groups -OCH3 is 1. The maximum atomic E-state index is 12.6. The number of hydrogen-bond donors (Lipinski definition) is 3. The molecule has 0 aliphatic rings. The highest BCUT2D eigenvalue weighted by molar-refractivity contribution is 5.88. The highest BCUT2D eigenvalue weighted by atomic mass is 16.5. The number of phenols is 1. The molecule has 0 aliphatic heterocycles. The SMILES string of the molecule is COc1ccc2c(C)c(CCC(=O)N[C@H](Cc3c[nH]c4ccc(O)cc34)C(=O)[O-])c(=O)oc2c1C. The summed E-state index contributed by atoms with van der Waals surface area (Å²) in [6.07, 6.45) is 1.58. The summed E-state index contributed by atoms with van der Waals surface area (Å²) in [7, 11) is 1.54. The molecule has 0 spiro atoms. The van der Waals surface area contributed by atoms with Crippen molar-refractivity contribution in [1.29, 1.82) is 0 Å². The van der Waals surface area contributed by atoms with Crippen molar-refractivity contribution < 1.29 is 29.0 Å². The van der Waals surface area contributed by atoms with Gasteiger partial charge in [0.1, 0.15) is 17.1 Å². The van der Waals surface area contributed by atoms with Crippen LogP contribution in [0.5, 0.6) is 11.5 Å². The van der Waals surface area contributed by atoms with Crippen molar-refractivity contribution >= 4 is 33.7 Å². The van der Waals surface area contributed by atoms with E-state index < -0.39 is 23.5 Å². The number of aryl methyl sites for hydroxylation is 2. The number of carbonyl (C=O) groups excluding carboxylic acids is 2. The highest BCUT2D eigenvalue weighted by Gasteiger charge is 2.19. The summed E-state index contributed by atoms with van der Waals surface area (Å²) in [5.41, 5.74) is 2.99. The van der Waals surface area contributed by atoms with Gasteiger partial charge in [0.05, 0.1) is 19.1 Å². The number of phenolic OH excluding ortho intramolecular Hbond substituents is 1. The fraction of sp³-hybridized carbons (Fsp3) is 0.269. The number of ether oxygens (including phenoxy) is 1. The number of aromatic nitrogens is 1. The van der Waals surface area contributed by atoms with Gasteiger partial charge < -0.3 is 34.5 Å². The lowest BCUT2D eigenvalue weighted by atomic mass is 10.00. The first-order valence-corrected chi connectivity index (χ1v) is 11.1. The number of aromatic amines is 1. The molecule has 0 fully saturated rings. The van der Waals surface area contributed by atoms with Crippen molar-refractivity contribution in [1.82, 2.24) is 10.3 Å². The molecule has 4 aromatic rings. The number of amides is 1. The molecule has 1 atom stereocenters. The normalized spacial score (nSPS) is 12.1. The highest BCUT2D eigenvalue weighted by Crippen LogP contribution is 2.29. The number of carboxylic acid groups (broad SMARTS) is 1. The Morgan fingerprint density at radius 1 is 1.17 bits per heavy atom. The lowest BCUT2D eigenvalue weighted by Crippen LogP contribution is -2.49. The molecular formula is C26H25N2O7-. The van der Waals surface area contributed by atoms with Crippen molar-refractivity contribution in [2.45, 2.75) is 39.2 Å². The third-order valence-corrected chi connectivity index (χ3v) is 6.27. The zero-order valence-corrected chi connectivity index (χ0v) is 19.6. The first kappa shape index (κ1) is 23.9. The van der Waals surface area contributed by atoms with E-state index in [0.717, 1.165) is 10.9 Å². The third kappa shape index (κ3) is 4.70. The fourth-order valence-corrected chi connectivity index (χ4v) is 4.33. The van der Waals surface area contributed by atoms with Crippen LogP contribution in [0.25, 0.3) is 21.9 Å².